The van der Waals surface area contributed by atoms with Gasteiger partial charge in [-0.3, -0.25) is 4.99 Å². The van der Waals surface area contributed by atoms with Crippen LogP contribution in [0.4, 0.5) is 0 Å². The molecule has 6 heteroatoms. The Kier molecular flexibility index (Phi) is 7.49. The number of para-hydroxylation sites is 1. The number of hydrogen-bond donors (Lipinski definition) is 1. The average molecular weight is 467 g/mol. The summed E-state index contributed by atoms with van der Waals surface area (Å²) in [5.41, 5.74) is 4.59. The zero-order valence-corrected chi connectivity index (χ0v) is 18.5. The predicted molar refractivity (Wildman–Crippen MR) is 119 cm³/mol. The normalized spacial score (nSPS) is 15.7. The summed E-state index contributed by atoms with van der Waals surface area (Å²) in [7, 11) is 1.87. The molecule has 2 aromatic rings. The van der Waals surface area contributed by atoms with E-state index >= 15 is 0 Å². The first-order valence-corrected chi connectivity index (χ1v) is 9.16. The number of benzene rings is 1. The Morgan fingerprint density at radius 2 is 1.85 bits per heavy atom. The molecule has 0 aliphatic carbocycles. The first-order valence-electron chi connectivity index (χ1n) is 9.16. The van der Waals surface area contributed by atoms with E-state index < -0.39 is 0 Å². The maximum Gasteiger partial charge on any atom is 0.193 e. The number of aryl methyl sites for hydroxylation is 1. The second-order valence-corrected chi connectivity index (χ2v) is 6.97. The SMILES string of the molecule is CN=C(NCc1c(C)nn(-c2ccccc2)c1C)N1CCC(C)CC1.I. The molecule has 142 valence electrons. The van der Waals surface area contributed by atoms with Crippen molar-refractivity contribution >= 4 is 29.9 Å². The lowest BCUT2D eigenvalue weighted by atomic mass is 9.99. The first kappa shape index (κ1) is 20.7. The molecule has 1 aromatic carbocycles. The Hall–Kier alpha value is -1.57. The second kappa shape index (κ2) is 9.39. The number of nitrogens with one attached hydrogen (secondary N) is 1. The molecule has 1 aromatic heterocycles. The van der Waals surface area contributed by atoms with E-state index in [2.05, 4.69) is 48.1 Å². The van der Waals surface area contributed by atoms with Gasteiger partial charge in [0.15, 0.2) is 5.96 Å². The van der Waals surface area contributed by atoms with Crippen molar-refractivity contribution in [3.63, 3.8) is 0 Å². The fourth-order valence-electron chi connectivity index (χ4n) is 3.47. The van der Waals surface area contributed by atoms with E-state index in [0.717, 1.165) is 42.9 Å². The number of aromatic nitrogens is 2. The van der Waals surface area contributed by atoms with Gasteiger partial charge in [-0.2, -0.15) is 5.10 Å². The standard InChI is InChI=1S/C20H29N5.HI/c1-15-10-12-24(13-11-15)20(21-4)22-14-19-16(2)23-25(17(19)3)18-8-6-5-7-9-18;/h5-9,15H,10-14H2,1-4H3,(H,21,22);1H. The van der Waals surface area contributed by atoms with E-state index in [-0.39, 0.29) is 24.0 Å². The van der Waals surface area contributed by atoms with Crippen LogP contribution < -0.4 is 5.32 Å². The lowest BCUT2D eigenvalue weighted by Gasteiger charge is -2.32. The van der Waals surface area contributed by atoms with Gasteiger partial charge in [0.25, 0.3) is 0 Å². The summed E-state index contributed by atoms with van der Waals surface area (Å²) in [5, 5.41) is 8.27. The van der Waals surface area contributed by atoms with Crippen molar-refractivity contribution < 1.29 is 0 Å². The molecular weight excluding hydrogens is 437 g/mol. The Balaban J connectivity index is 0.00000243. The summed E-state index contributed by atoms with van der Waals surface area (Å²) in [4.78, 5) is 6.85. The maximum absolute atomic E-state index is 4.73. The van der Waals surface area contributed by atoms with Gasteiger partial charge < -0.3 is 10.2 Å². The highest BCUT2D eigenvalue weighted by molar-refractivity contribution is 14.0. The quantitative estimate of drug-likeness (QED) is 0.423. The minimum absolute atomic E-state index is 0. The van der Waals surface area contributed by atoms with Crippen LogP contribution >= 0.6 is 24.0 Å². The number of halogens is 1. The smallest absolute Gasteiger partial charge is 0.193 e. The molecule has 26 heavy (non-hydrogen) atoms. The van der Waals surface area contributed by atoms with Crippen LogP contribution in [0.3, 0.4) is 0 Å². The van der Waals surface area contributed by atoms with Crippen LogP contribution in [-0.4, -0.2) is 40.8 Å². The molecule has 1 saturated heterocycles. The molecule has 0 radical (unpaired) electrons. The summed E-state index contributed by atoms with van der Waals surface area (Å²) >= 11 is 0. The van der Waals surface area contributed by atoms with E-state index in [4.69, 9.17) is 5.10 Å². The Labute approximate surface area is 173 Å². The van der Waals surface area contributed by atoms with Crippen LogP contribution in [0.15, 0.2) is 35.3 Å². The lowest BCUT2D eigenvalue weighted by Crippen LogP contribution is -2.45. The summed E-state index contributed by atoms with van der Waals surface area (Å²) in [6.07, 6.45) is 2.48. The monoisotopic (exact) mass is 467 g/mol. The Bertz CT molecular complexity index is 730. The highest BCUT2D eigenvalue weighted by Crippen LogP contribution is 2.19. The van der Waals surface area contributed by atoms with Crippen molar-refractivity contribution in [3.05, 3.63) is 47.3 Å². The third kappa shape index (κ3) is 4.58. The van der Waals surface area contributed by atoms with Crippen molar-refractivity contribution in [2.24, 2.45) is 10.9 Å². The van der Waals surface area contributed by atoms with E-state index in [1.807, 2.05) is 29.9 Å². The number of guanidine groups is 1. The van der Waals surface area contributed by atoms with Gasteiger partial charge in [-0.05, 0) is 44.7 Å². The number of rotatable bonds is 3. The third-order valence-electron chi connectivity index (χ3n) is 5.16. The molecule has 0 amide bonds. The van der Waals surface area contributed by atoms with Crippen LogP contribution in [0.5, 0.6) is 0 Å². The highest BCUT2D eigenvalue weighted by Gasteiger charge is 2.19. The Morgan fingerprint density at radius 1 is 1.19 bits per heavy atom. The van der Waals surface area contributed by atoms with Crippen LogP contribution in [0, 0.1) is 19.8 Å². The molecule has 0 unspecified atom stereocenters. The van der Waals surface area contributed by atoms with E-state index in [1.165, 1.54) is 24.1 Å². The minimum Gasteiger partial charge on any atom is -0.352 e. The first-order chi connectivity index (χ1) is 12.1. The molecule has 2 heterocycles. The summed E-state index contributed by atoms with van der Waals surface area (Å²) in [6, 6.07) is 10.3. The molecule has 0 saturated carbocycles. The summed E-state index contributed by atoms with van der Waals surface area (Å²) in [6.45, 7) is 9.47. The number of hydrogen-bond acceptors (Lipinski definition) is 2. The van der Waals surface area contributed by atoms with Gasteiger partial charge in [-0.25, -0.2) is 4.68 Å². The minimum atomic E-state index is 0. The molecule has 3 rings (SSSR count). The predicted octanol–water partition coefficient (Wildman–Crippen LogP) is 3.91. The van der Waals surface area contributed by atoms with Gasteiger partial charge in [-0.1, -0.05) is 25.1 Å². The lowest BCUT2D eigenvalue weighted by molar-refractivity contribution is 0.273. The van der Waals surface area contributed by atoms with E-state index in [9.17, 15) is 0 Å². The van der Waals surface area contributed by atoms with Crippen LogP contribution in [0.25, 0.3) is 5.69 Å². The molecule has 5 nitrogen and oxygen atoms in total. The van der Waals surface area contributed by atoms with Gasteiger partial charge in [0.1, 0.15) is 0 Å². The van der Waals surface area contributed by atoms with Crippen molar-refractivity contribution in [1.29, 1.82) is 0 Å². The van der Waals surface area contributed by atoms with E-state index in [0.29, 0.717) is 0 Å². The van der Waals surface area contributed by atoms with Crippen molar-refractivity contribution in [2.45, 2.75) is 40.2 Å². The van der Waals surface area contributed by atoms with Crippen molar-refractivity contribution in [3.8, 4) is 5.69 Å². The van der Waals surface area contributed by atoms with E-state index in [1.54, 1.807) is 0 Å². The fraction of sp³-hybridized carbons (Fsp3) is 0.500. The van der Waals surface area contributed by atoms with Crippen molar-refractivity contribution in [2.75, 3.05) is 20.1 Å². The highest BCUT2D eigenvalue weighted by atomic mass is 127. The summed E-state index contributed by atoms with van der Waals surface area (Å²) < 4.78 is 2.03. The van der Waals surface area contributed by atoms with Crippen molar-refractivity contribution in [1.82, 2.24) is 20.0 Å². The molecular formula is C20H30IN5. The molecule has 0 bridgehead atoms. The molecule has 1 aliphatic rings. The number of piperidine rings is 1. The zero-order valence-electron chi connectivity index (χ0n) is 16.2. The number of likely N-dealkylation sites (tertiary alicyclic amines) is 1. The molecule has 1 N–H and O–H groups in total. The topological polar surface area (TPSA) is 45.5 Å². The van der Waals surface area contributed by atoms with Gasteiger partial charge in [0.05, 0.1) is 11.4 Å². The van der Waals surface area contributed by atoms with Gasteiger partial charge in [0.2, 0.25) is 0 Å². The Morgan fingerprint density at radius 3 is 2.46 bits per heavy atom. The van der Waals surface area contributed by atoms with Gasteiger partial charge in [0, 0.05) is 37.9 Å². The van der Waals surface area contributed by atoms with Crippen LogP contribution in [-0.2, 0) is 6.54 Å². The van der Waals surface area contributed by atoms with Crippen LogP contribution in [0.1, 0.15) is 36.7 Å². The average Bonchev–Trinajstić information content (AvgIpc) is 2.92. The third-order valence-corrected chi connectivity index (χ3v) is 5.16. The molecule has 0 spiro atoms. The molecule has 1 aliphatic heterocycles. The summed E-state index contributed by atoms with van der Waals surface area (Å²) in [5.74, 6) is 1.82. The number of nitrogens with zero attached hydrogens (tertiary/aromatic N) is 4. The molecule has 0 atom stereocenters. The van der Waals surface area contributed by atoms with Crippen LogP contribution in [0.2, 0.25) is 0 Å². The van der Waals surface area contributed by atoms with Gasteiger partial charge in [-0.15, -0.1) is 24.0 Å². The maximum atomic E-state index is 4.73. The number of aliphatic imine (C=N–C) groups is 1. The second-order valence-electron chi connectivity index (χ2n) is 6.97. The zero-order chi connectivity index (χ0) is 17.8. The molecule has 1 fully saturated rings. The fourth-order valence-corrected chi connectivity index (χ4v) is 3.47. The largest absolute Gasteiger partial charge is 0.352 e. The van der Waals surface area contributed by atoms with Gasteiger partial charge >= 0.3 is 0 Å².